The molecule has 0 aliphatic heterocycles. The van der Waals surface area contributed by atoms with Gasteiger partial charge in [0.15, 0.2) is 0 Å². The van der Waals surface area contributed by atoms with E-state index in [1.165, 1.54) is 7.11 Å². The fourth-order valence-electron chi connectivity index (χ4n) is 1.76. The predicted octanol–water partition coefficient (Wildman–Crippen LogP) is 3.46. The Kier molecular flexibility index (Phi) is 5.03. The van der Waals surface area contributed by atoms with Gasteiger partial charge in [0.05, 0.1) is 19.6 Å². The zero-order valence-electron chi connectivity index (χ0n) is 11.5. The first-order chi connectivity index (χ1) is 8.36. The maximum absolute atomic E-state index is 11.4. The molecule has 0 atom stereocenters. The van der Waals surface area contributed by atoms with Gasteiger partial charge in [0.2, 0.25) is 0 Å². The number of rotatable bonds is 4. The van der Waals surface area contributed by atoms with Crippen LogP contribution in [0.2, 0.25) is 5.02 Å². The minimum Gasteiger partial charge on any atom is -0.491 e. The van der Waals surface area contributed by atoms with Crippen LogP contribution in [0.4, 0.5) is 0 Å². The third kappa shape index (κ3) is 3.39. The summed E-state index contributed by atoms with van der Waals surface area (Å²) in [5.41, 5.74) is 2.61. The molecule has 0 bridgehead atoms. The molecule has 0 amide bonds. The van der Waals surface area contributed by atoms with Crippen molar-refractivity contribution in [2.45, 2.75) is 40.2 Å². The molecular weight excluding hydrogens is 252 g/mol. The summed E-state index contributed by atoms with van der Waals surface area (Å²) < 4.78 is 10.4. The highest BCUT2D eigenvalue weighted by Gasteiger charge is 2.17. The Bertz CT molecular complexity index is 453. The van der Waals surface area contributed by atoms with E-state index < -0.39 is 0 Å². The molecule has 1 rings (SSSR count). The predicted molar refractivity (Wildman–Crippen MR) is 72.4 cm³/mol. The van der Waals surface area contributed by atoms with Crippen molar-refractivity contribution in [1.29, 1.82) is 0 Å². The van der Waals surface area contributed by atoms with Crippen LogP contribution in [-0.4, -0.2) is 19.2 Å². The van der Waals surface area contributed by atoms with E-state index in [1.54, 1.807) is 0 Å². The molecule has 0 unspecified atom stereocenters. The minimum atomic E-state index is -0.299. The molecule has 0 aromatic heterocycles. The van der Waals surface area contributed by atoms with E-state index in [4.69, 9.17) is 21.1 Å². The number of esters is 1. The summed E-state index contributed by atoms with van der Waals surface area (Å²) in [7, 11) is 1.37. The number of halogens is 1. The molecular formula is C14H19ClO3. The normalized spacial score (nSPS) is 10.6. The van der Waals surface area contributed by atoms with Gasteiger partial charge in [-0.3, -0.25) is 4.79 Å². The lowest BCUT2D eigenvalue weighted by Crippen LogP contribution is -2.12. The molecule has 3 nitrogen and oxygen atoms in total. The Balaban J connectivity index is 3.25. The van der Waals surface area contributed by atoms with Gasteiger partial charge in [0.1, 0.15) is 5.75 Å². The molecule has 4 heteroatoms. The van der Waals surface area contributed by atoms with Crippen molar-refractivity contribution in [3.8, 4) is 5.75 Å². The summed E-state index contributed by atoms with van der Waals surface area (Å²) in [5, 5.41) is 0.671. The number of carbonyl (C=O) groups excluding carboxylic acids is 1. The molecule has 0 heterocycles. The number of aryl methyl sites for hydroxylation is 1. The fraction of sp³-hybridized carbons (Fsp3) is 0.500. The molecule has 0 aliphatic carbocycles. The molecule has 100 valence electrons. The molecule has 1 aromatic carbocycles. The highest BCUT2D eigenvalue weighted by atomic mass is 35.5. The van der Waals surface area contributed by atoms with Crippen molar-refractivity contribution in [3.63, 3.8) is 0 Å². The maximum atomic E-state index is 11.4. The van der Waals surface area contributed by atoms with Gasteiger partial charge in [-0.25, -0.2) is 0 Å². The number of hydrogen-bond acceptors (Lipinski definition) is 3. The van der Waals surface area contributed by atoms with Crippen molar-refractivity contribution in [2.24, 2.45) is 0 Å². The van der Waals surface area contributed by atoms with E-state index >= 15 is 0 Å². The number of benzene rings is 1. The van der Waals surface area contributed by atoms with Crippen LogP contribution in [0.5, 0.6) is 5.75 Å². The zero-order chi connectivity index (χ0) is 13.9. The van der Waals surface area contributed by atoms with Crippen LogP contribution in [-0.2, 0) is 16.0 Å². The molecule has 0 radical (unpaired) electrons. The van der Waals surface area contributed by atoms with Crippen LogP contribution >= 0.6 is 11.6 Å². The Morgan fingerprint density at radius 2 is 2.00 bits per heavy atom. The quantitative estimate of drug-likeness (QED) is 0.786. The van der Waals surface area contributed by atoms with Gasteiger partial charge < -0.3 is 9.47 Å². The number of hydrogen-bond donors (Lipinski definition) is 0. The Morgan fingerprint density at radius 1 is 1.39 bits per heavy atom. The molecule has 0 aliphatic rings. The lowest BCUT2D eigenvalue weighted by molar-refractivity contribution is -0.139. The largest absolute Gasteiger partial charge is 0.491 e. The van der Waals surface area contributed by atoms with E-state index in [2.05, 4.69) is 0 Å². The highest BCUT2D eigenvalue weighted by molar-refractivity contribution is 6.32. The molecule has 18 heavy (non-hydrogen) atoms. The Hall–Kier alpha value is -1.22. The molecule has 0 saturated heterocycles. The summed E-state index contributed by atoms with van der Waals surface area (Å²) in [6.45, 7) is 7.70. The minimum absolute atomic E-state index is 0.0429. The van der Waals surface area contributed by atoms with E-state index in [0.717, 1.165) is 16.7 Å². The third-order valence-electron chi connectivity index (χ3n) is 2.68. The summed E-state index contributed by atoms with van der Waals surface area (Å²) in [6, 6.07) is 1.87. The van der Waals surface area contributed by atoms with Crippen molar-refractivity contribution in [2.75, 3.05) is 7.11 Å². The Morgan fingerprint density at radius 3 is 2.50 bits per heavy atom. The van der Waals surface area contributed by atoms with Crippen molar-refractivity contribution in [1.82, 2.24) is 0 Å². The number of ether oxygens (including phenoxy) is 2. The number of carbonyl (C=O) groups is 1. The lowest BCUT2D eigenvalue weighted by Gasteiger charge is -2.18. The molecule has 0 N–H and O–H groups in total. The van der Waals surface area contributed by atoms with Crippen molar-refractivity contribution < 1.29 is 14.3 Å². The fourth-order valence-corrected chi connectivity index (χ4v) is 1.92. The van der Waals surface area contributed by atoms with E-state index in [1.807, 2.05) is 33.8 Å². The van der Waals surface area contributed by atoms with E-state index in [-0.39, 0.29) is 18.5 Å². The number of methoxy groups -OCH3 is 1. The van der Waals surface area contributed by atoms with Crippen molar-refractivity contribution in [3.05, 3.63) is 27.8 Å². The van der Waals surface area contributed by atoms with Crippen molar-refractivity contribution >= 4 is 17.6 Å². The summed E-state index contributed by atoms with van der Waals surface area (Å²) in [5.74, 6) is 0.404. The average molecular weight is 271 g/mol. The van der Waals surface area contributed by atoms with Gasteiger partial charge >= 0.3 is 5.97 Å². The topological polar surface area (TPSA) is 35.5 Å². The maximum Gasteiger partial charge on any atom is 0.310 e. The summed E-state index contributed by atoms with van der Waals surface area (Å²) in [6.07, 6.45) is 0.214. The summed E-state index contributed by atoms with van der Waals surface area (Å²) >= 11 is 6.21. The van der Waals surface area contributed by atoms with Crippen LogP contribution in [0.3, 0.4) is 0 Å². The van der Waals surface area contributed by atoms with E-state index in [0.29, 0.717) is 10.8 Å². The molecule has 0 fully saturated rings. The van der Waals surface area contributed by atoms with Gasteiger partial charge in [0.25, 0.3) is 0 Å². The van der Waals surface area contributed by atoms with Gasteiger partial charge in [-0.05, 0) is 44.9 Å². The monoisotopic (exact) mass is 270 g/mol. The molecule has 1 aromatic rings. The molecule has 0 saturated carbocycles. The van der Waals surface area contributed by atoms with Gasteiger partial charge in [-0.2, -0.15) is 0 Å². The van der Waals surface area contributed by atoms with Gasteiger partial charge in [-0.1, -0.05) is 11.6 Å². The van der Waals surface area contributed by atoms with Crippen LogP contribution < -0.4 is 4.74 Å². The smallest absolute Gasteiger partial charge is 0.310 e. The van der Waals surface area contributed by atoms with Gasteiger partial charge in [0, 0.05) is 10.6 Å². The highest BCUT2D eigenvalue weighted by Crippen LogP contribution is 2.32. The van der Waals surface area contributed by atoms with E-state index in [9.17, 15) is 4.79 Å². The first-order valence-corrected chi connectivity index (χ1v) is 6.26. The van der Waals surface area contributed by atoms with Crippen LogP contribution in [0.25, 0.3) is 0 Å². The molecule has 0 spiro atoms. The average Bonchev–Trinajstić information content (AvgIpc) is 2.30. The SMILES string of the molecule is COC(=O)Cc1c(OC(C)C)cc(C)c(Cl)c1C. The second kappa shape index (κ2) is 6.10. The Labute approximate surface area is 113 Å². The zero-order valence-corrected chi connectivity index (χ0v) is 12.2. The standard InChI is InChI=1S/C14H19ClO3/c1-8(2)18-12-6-9(3)14(15)10(4)11(12)7-13(16)17-5/h6,8H,7H2,1-5H3. The van der Waals surface area contributed by atoms with Crippen LogP contribution in [0.15, 0.2) is 6.07 Å². The van der Waals surface area contributed by atoms with Crippen LogP contribution in [0.1, 0.15) is 30.5 Å². The second-order valence-corrected chi connectivity index (χ2v) is 4.91. The lowest BCUT2D eigenvalue weighted by atomic mass is 10.0. The van der Waals surface area contributed by atoms with Gasteiger partial charge in [-0.15, -0.1) is 0 Å². The summed E-state index contributed by atoms with van der Waals surface area (Å²) in [4.78, 5) is 11.4. The first-order valence-electron chi connectivity index (χ1n) is 5.88. The van der Waals surface area contributed by atoms with Crippen LogP contribution in [0, 0.1) is 13.8 Å². The third-order valence-corrected chi connectivity index (χ3v) is 3.27. The second-order valence-electron chi connectivity index (χ2n) is 4.53. The first kappa shape index (κ1) is 14.8.